The summed E-state index contributed by atoms with van der Waals surface area (Å²) in [5.74, 6) is 1.06. The highest BCUT2D eigenvalue weighted by Gasteiger charge is 2.27. The zero-order chi connectivity index (χ0) is 18.6. The molecule has 140 valence electrons. The molecule has 1 fully saturated rings. The molecule has 6 nitrogen and oxygen atoms in total. The van der Waals surface area contributed by atoms with Crippen LogP contribution in [0.3, 0.4) is 0 Å². The lowest BCUT2D eigenvalue weighted by Gasteiger charge is -2.34. The average Bonchev–Trinajstić information content (AvgIpc) is 2.56. The van der Waals surface area contributed by atoms with E-state index in [0.717, 1.165) is 10.7 Å². The maximum absolute atomic E-state index is 12.2. The normalized spacial score (nSPS) is 24.3. The van der Waals surface area contributed by atoms with E-state index in [9.17, 15) is 13.2 Å². The summed E-state index contributed by atoms with van der Waals surface area (Å²) < 4.78 is 25.5. The number of carbonyl (C=O) groups is 1. The van der Waals surface area contributed by atoms with Crippen molar-refractivity contribution in [3.63, 3.8) is 0 Å². The Bertz CT molecular complexity index is 703. The van der Waals surface area contributed by atoms with Gasteiger partial charge in [-0.3, -0.25) is 4.79 Å². The summed E-state index contributed by atoms with van der Waals surface area (Å²) in [5.41, 5.74) is 0.486. The molecular weight excluding hydrogens is 338 g/mol. The maximum Gasteiger partial charge on any atom is 0.242 e. The lowest BCUT2D eigenvalue weighted by atomic mass is 9.78. The van der Waals surface area contributed by atoms with Gasteiger partial charge in [0.1, 0.15) is 0 Å². The van der Waals surface area contributed by atoms with E-state index in [1.54, 1.807) is 12.1 Å². The van der Waals surface area contributed by atoms with Gasteiger partial charge in [-0.1, -0.05) is 32.8 Å². The molecule has 0 aliphatic heterocycles. The summed E-state index contributed by atoms with van der Waals surface area (Å²) in [6, 6.07) is 6.68. The van der Waals surface area contributed by atoms with Gasteiger partial charge in [0.25, 0.3) is 0 Å². The van der Waals surface area contributed by atoms with Crippen molar-refractivity contribution in [3.05, 3.63) is 24.3 Å². The van der Waals surface area contributed by atoms with Crippen LogP contribution in [0.25, 0.3) is 0 Å². The van der Waals surface area contributed by atoms with Gasteiger partial charge in [-0.2, -0.15) is 0 Å². The Morgan fingerprint density at radius 2 is 1.96 bits per heavy atom. The molecule has 1 aliphatic carbocycles. The molecule has 0 unspecified atom stereocenters. The number of rotatable bonds is 6. The SMILES string of the molecule is C[C@H]1[C@@H](NCC(=O)Nc2cccc(S(=O)(=O)N(C)C)c2)CCC[C@@H]1C. The highest BCUT2D eigenvalue weighted by Crippen LogP contribution is 2.29. The van der Waals surface area contributed by atoms with Crippen LogP contribution in [0.2, 0.25) is 0 Å². The maximum atomic E-state index is 12.2. The van der Waals surface area contributed by atoms with Crippen LogP contribution in [-0.2, 0) is 14.8 Å². The average molecular weight is 368 g/mol. The second kappa shape index (κ2) is 8.29. The molecule has 1 saturated carbocycles. The summed E-state index contributed by atoms with van der Waals surface area (Å²) in [5, 5.41) is 6.12. The van der Waals surface area contributed by atoms with Crippen LogP contribution < -0.4 is 10.6 Å². The molecule has 1 amide bonds. The van der Waals surface area contributed by atoms with Crippen molar-refractivity contribution in [2.75, 3.05) is 26.0 Å². The van der Waals surface area contributed by atoms with E-state index in [2.05, 4.69) is 24.5 Å². The van der Waals surface area contributed by atoms with Crippen molar-refractivity contribution in [1.29, 1.82) is 0 Å². The van der Waals surface area contributed by atoms with E-state index in [0.29, 0.717) is 23.6 Å². The third kappa shape index (κ3) is 5.03. The van der Waals surface area contributed by atoms with E-state index in [1.165, 1.54) is 39.1 Å². The Labute approximate surface area is 151 Å². The summed E-state index contributed by atoms with van der Waals surface area (Å²) in [7, 11) is -0.546. The van der Waals surface area contributed by atoms with Gasteiger partial charge in [0.05, 0.1) is 11.4 Å². The van der Waals surface area contributed by atoms with Gasteiger partial charge in [0.2, 0.25) is 15.9 Å². The summed E-state index contributed by atoms with van der Waals surface area (Å²) in [4.78, 5) is 12.4. The van der Waals surface area contributed by atoms with Crippen LogP contribution in [-0.4, -0.2) is 45.3 Å². The number of anilines is 1. The second-order valence-electron chi connectivity index (χ2n) is 7.12. The number of hydrogen-bond donors (Lipinski definition) is 2. The standard InChI is InChI=1S/C18H29N3O3S/c1-13-7-5-10-17(14(13)2)19-12-18(22)20-15-8-6-9-16(11-15)25(23,24)21(3)4/h6,8-9,11,13-14,17,19H,5,7,10,12H2,1-4H3,(H,20,22)/t13-,14+,17-/m0/s1. The number of benzene rings is 1. The van der Waals surface area contributed by atoms with Crippen LogP contribution in [0.4, 0.5) is 5.69 Å². The summed E-state index contributed by atoms with van der Waals surface area (Å²) in [6.45, 7) is 4.72. The van der Waals surface area contributed by atoms with Gasteiger partial charge >= 0.3 is 0 Å². The van der Waals surface area contributed by atoms with Gasteiger partial charge in [-0.15, -0.1) is 0 Å². The van der Waals surface area contributed by atoms with Crippen molar-refractivity contribution in [3.8, 4) is 0 Å². The molecule has 7 heteroatoms. The largest absolute Gasteiger partial charge is 0.325 e. The Morgan fingerprint density at radius 3 is 2.64 bits per heavy atom. The fourth-order valence-corrected chi connectivity index (χ4v) is 4.19. The van der Waals surface area contributed by atoms with Gasteiger partial charge < -0.3 is 10.6 Å². The fraction of sp³-hybridized carbons (Fsp3) is 0.611. The fourth-order valence-electron chi connectivity index (χ4n) is 3.24. The van der Waals surface area contributed by atoms with Crippen LogP contribution >= 0.6 is 0 Å². The molecule has 1 aromatic rings. The number of carbonyl (C=O) groups excluding carboxylic acids is 1. The van der Waals surface area contributed by atoms with E-state index in [4.69, 9.17) is 0 Å². The van der Waals surface area contributed by atoms with E-state index in [1.807, 2.05) is 0 Å². The zero-order valence-corrected chi connectivity index (χ0v) is 16.3. The van der Waals surface area contributed by atoms with Gasteiger partial charge in [0, 0.05) is 25.8 Å². The number of amides is 1. The van der Waals surface area contributed by atoms with Crippen molar-refractivity contribution in [1.82, 2.24) is 9.62 Å². The first-order chi connectivity index (χ1) is 11.7. The molecule has 0 saturated heterocycles. The third-order valence-electron chi connectivity index (χ3n) is 5.13. The molecule has 0 heterocycles. The minimum Gasteiger partial charge on any atom is -0.325 e. The third-order valence-corrected chi connectivity index (χ3v) is 6.94. The van der Waals surface area contributed by atoms with E-state index < -0.39 is 10.0 Å². The smallest absolute Gasteiger partial charge is 0.242 e. The van der Waals surface area contributed by atoms with Crippen LogP contribution in [0.5, 0.6) is 0 Å². The second-order valence-corrected chi connectivity index (χ2v) is 9.27. The molecule has 0 aromatic heterocycles. The van der Waals surface area contributed by atoms with Crippen molar-refractivity contribution >= 4 is 21.6 Å². The predicted octanol–water partition coefficient (Wildman–Crippen LogP) is 2.29. The molecule has 3 atom stereocenters. The van der Waals surface area contributed by atoms with Crippen LogP contribution in [0.1, 0.15) is 33.1 Å². The molecule has 0 spiro atoms. The molecule has 0 radical (unpaired) electrons. The van der Waals surface area contributed by atoms with Gasteiger partial charge in [0.15, 0.2) is 0 Å². The van der Waals surface area contributed by atoms with Gasteiger partial charge in [-0.25, -0.2) is 12.7 Å². The summed E-state index contributed by atoms with van der Waals surface area (Å²) in [6.07, 6.45) is 3.53. The van der Waals surface area contributed by atoms with Crippen LogP contribution in [0, 0.1) is 11.8 Å². The topological polar surface area (TPSA) is 78.5 Å². The summed E-state index contributed by atoms with van der Waals surface area (Å²) >= 11 is 0. The number of sulfonamides is 1. The monoisotopic (exact) mass is 367 g/mol. The quantitative estimate of drug-likeness (QED) is 0.809. The van der Waals surface area contributed by atoms with Crippen molar-refractivity contribution in [2.24, 2.45) is 11.8 Å². The van der Waals surface area contributed by atoms with E-state index >= 15 is 0 Å². The van der Waals surface area contributed by atoms with Crippen LogP contribution in [0.15, 0.2) is 29.2 Å². The molecule has 2 rings (SSSR count). The molecule has 1 aromatic carbocycles. The first-order valence-corrected chi connectivity index (χ1v) is 10.2. The molecular formula is C18H29N3O3S. The first-order valence-electron chi connectivity index (χ1n) is 8.77. The van der Waals surface area contributed by atoms with Gasteiger partial charge in [-0.05, 0) is 36.5 Å². The number of nitrogens with one attached hydrogen (secondary N) is 2. The predicted molar refractivity (Wildman–Crippen MR) is 99.9 cm³/mol. The molecule has 0 bridgehead atoms. The molecule has 25 heavy (non-hydrogen) atoms. The highest BCUT2D eigenvalue weighted by atomic mass is 32.2. The van der Waals surface area contributed by atoms with Crippen molar-refractivity contribution in [2.45, 2.75) is 44.0 Å². The Morgan fingerprint density at radius 1 is 1.24 bits per heavy atom. The first kappa shape index (κ1) is 19.9. The number of nitrogens with zero attached hydrogens (tertiary/aromatic N) is 1. The highest BCUT2D eigenvalue weighted by molar-refractivity contribution is 7.89. The Balaban J connectivity index is 1.95. The Hall–Kier alpha value is -1.44. The molecule has 1 aliphatic rings. The van der Waals surface area contributed by atoms with Crippen molar-refractivity contribution < 1.29 is 13.2 Å². The zero-order valence-electron chi connectivity index (χ0n) is 15.5. The minimum atomic E-state index is -3.51. The lowest BCUT2D eigenvalue weighted by molar-refractivity contribution is -0.115. The minimum absolute atomic E-state index is 0.162. The number of hydrogen-bond acceptors (Lipinski definition) is 4. The Kier molecular flexibility index (Phi) is 6.59. The lowest BCUT2D eigenvalue weighted by Crippen LogP contribution is -2.43. The van der Waals surface area contributed by atoms with E-state index in [-0.39, 0.29) is 17.3 Å². The molecule has 2 N–H and O–H groups in total.